The average Bonchev–Trinajstić information content (AvgIpc) is 3.16. The van der Waals surface area contributed by atoms with Crippen LogP contribution in [0.4, 0.5) is 0 Å². The van der Waals surface area contributed by atoms with E-state index in [1.165, 1.54) is 20.1 Å². The lowest BCUT2D eigenvalue weighted by atomic mass is 9.77. The molecule has 0 radical (unpaired) electrons. The van der Waals surface area contributed by atoms with Crippen molar-refractivity contribution in [3.05, 3.63) is 47.7 Å². The first-order valence-electron chi connectivity index (χ1n) is 12.7. The summed E-state index contributed by atoms with van der Waals surface area (Å²) in [6.07, 6.45) is -8.29. The number of esters is 2. The Balaban J connectivity index is 1.58. The number of rotatable bonds is 8. The van der Waals surface area contributed by atoms with E-state index < -0.39 is 85.2 Å². The van der Waals surface area contributed by atoms with Crippen LogP contribution in [0.5, 0.6) is 5.75 Å². The van der Waals surface area contributed by atoms with E-state index in [-0.39, 0.29) is 5.57 Å². The van der Waals surface area contributed by atoms with Crippen molar-refractivity contribution < 1.29 is 68.6 Å². The molecule has 14 nitrogen and oxygen atoms in total. The Hall–Kier alpha value is -3.08. The van der Waals surface area contributed by atoms with Crippen LogP contribution in [0.1, 0.15) is 18.9 Å². The van der Waals surface area contributed by atoms with Gasteiger partial charge in [0.1, 0.15) is 53.0 Å². The monoisotopic (exact) mass is 582 g/mol. The highest BCUT2D eigenvalue weighted by Crippen LogP contribution is 2.53. The normalized spacial score (nSPS) is 38.5. The van der Waals surface area contributed by atoms with Gasteiger partial charge in [0, 0.05) is 12.5 Å². The van der Waals surface area contributed by atoms with Gasteiger partial charge in [-0.25, -0.2) is 9.59 Å². The molecule has 2 fully saturated rings. The third kappa shape index (κ3) is 5.82. The van der Waals surface area contributed by atoms with Gasteiger partial charge in [-0.15, -0.1) is 0 Å². The standard InChI is InChI=1S/C27H34O14/c1-26(34)17(40-18(29)9-6-13-4-7-14(36-2)8-5-13)10-27(35)15(23(33)37-3)12-38-25(22(26)27)41-24-21(32)20(31)19(30)16(11-28)39-24/h4-9,12,16-17,19-22,24-25,28,30-32,34-35H,10-11H2,1-3H3. The molecule has 14 heteroatoms. The number of aliphatic hydroxyl groups is 6. The fourth-order valence-electron chi connectivity index (χ4n) is 5.37. The Morgan fingerprint density at radius 3 is 2.34 bits per heavy atom. The number of hydrogen-bond acceptors (Lipinski definition) is 14. The number of carbonyl (C=O) groups excluding carboxylic acids is 2. The third-order valence-corrected chi connectivity index (χ3v) is 7.66. The third-order valence-electron chi connectivity index (χ3n) is 7.66. The van der Waals surface area contributed by atoms with Gasteiger partial charge < -0.3 is 59.1 Å². The highest BCUT2D eigenvalue weighted by atomic mass is 16.8. The second-order valence-electron chi connectivity index (χ2n) is 10.2. The summed E-state index contributed by atoms with van der Waals surface area (Å²) in [7, 11) is 2.60. The first-order valence-corrected chi connectivity index (χ1v) is 12.7. The molecule has 0 amide bonds. The lowest BCUT2D eigenvalue weighted by molar-refractivity contribution is -0.352. The predicted octanol–water partition coefficient (Wildman–Crippen LogP) is -1.65. The summed E-state index contributed by atoms with van der Waals surface area (Å²) in [5.41, 5.74) is -4.03. The summed E-state index contributed by atoms with van der Waals surface area (Å²) in [6, 6.07) is 6.81. The Morgan fingerprint density at radius 2 is 1.73 bits per heavy atom. The van der Waals surface area contributed by atoms with Crippen molar-refractivity contribution >= 4 is 18.0 Å². The lowest BCUT2D eigenvalue weighted by Gasteiger charge is -2.46. The van der Waals surface area contributed by atoms with E-state index in [0.29, 0.717) is 11.3 Å². The fourth-order valence-corrected chi connectivity index (χ4v) is 5.37. The number of methoxy groups -OCH3 is 2. The molecule has 6 N–H and O–H groups in total. The lowest BCUT2D eigenvalue weighted by Crippen LogP contribution is -2.62. The van der Waals surface area contributed by atoms with Crippen LogP contribution in [0.2, 0.25) is 0 Å². The van der Waals surface area contributed by atoms with Crippen molar-refractivity contribution in [1.29, 1.82) is 0 Å². The fraction of sp³-hybridized carbons (Fsp3) is 0.556. The maximum absolute atomic E-state index is 12.7. The molecular formula is C27H34O14. The molecule has 1 aromatic rings. The van der Waals surface area contributed by atoms with Gasteiger partial charge in [0.15, 0.2) is 6.29 Å². The van der Waals surface area contributed by atoms with Crippen LogP contribution in [0.3, 0.4) is 0 Å². The van der Waals surface area contributed by atoms with Gasteiger partial charge in [0.2, 0.25) is 6.29 Å². The van der Waals surface area contributed by atoms with Gasteiger partial charge in [0.25, 0.3) is 0 Å². The number of fused-ring (bicyclic) bond motifs is 1. The first-order chi connectivity index (χ1) is 19.4. The SMILES string of the molecule is COC(=O)C1=COC(OC2OC(CO)C(O)C(O)C2O)C2C1(O)CC(OC(=O)C=Cc1ccc(OC)cc1)C2(C)O. The highest BCUT2D eigenvalue weighted by Gasteiger charge is 2.69. The minimum atomic E-state index is -2.21. The zero-order valence-corrected chi connectivity index (χ0v) is 22.5. The summed E-state index contributed by atoms with van der Waals surface area (Å²) in [4.78, 5) is 25.3. The molecule has 10 atom stereocenters. The summed E-state index contributed by atoms with van der Waals surface area (Å²) in [6.45, 7) is 0.518. The van der Waals surface area contributed by atoms with Crippen molar-refractivity contribution in [3.63, 3.8) is 0 Å². The Kier molecular flexibility index (Phi) is 9.06. The van der Waals surface area contributed by atoms with Crippen molar-refractivity contribution in [2.75, 3.05) is 20.8 Å². The molecule has 0 bridgehead atoms. The largest absolute Gasteiger partial charge is 0.497 e. The van der Waals surface area contributed by atoms with E-state index in [9.17, 15) is 40.2 Å². The molecule has 2 heterocycles. The van der Waals surface area contributed by atoms with Gasteiger partial charge in [0.05, 0.1) is 33.0 Å². The van der Waals surface area contributed by atoms with Gasteiger partial charge in [-0.3, -0.25) is 0 Å². The molecule has 1 saturated carbocycles. The van der Waals surface area contributed by atoms with E-state index >= 15 is 0 Å². The van der Waals surface area contributed by atoms with Crippen LogP contribution in [-0.2, 0) is 33.3 Å². The molecule has 1 aliphatic carbocycles. The van der Waals surface area contributed by atoms with E-state index in [1.54, 1.807) is 24.3 Å². The minimum Gasteiger partial charge on any atom is -0.497 e. The van der Waals surface area contributed by atoms with Gasteiger partial charge in [-0.05, 0) is 30.7 Å². The van der Waals surface area contributed by atoms with E-state index in [0.717, 1.165) is 19.4 Å². The number of aliphatic hydroxyl groups excluding tert-OH is 4. The van der Waals surface area contributed by atoms with Gasteiger partial charge in [-0.1, -0.05) is 12.1 Å². The average molecular weight is 583 g/mol. The van der Waals surface area contributed by atoms with Gasteiger partial charge in [-0.2, -0.15) is 0 Å². The summed E-state index contributed by atoms with van der Waals surface area (Å²) < 4.78 is 31.9. The molecule has 4 rings (SSSR count). The van der Waals surface area contributed by atoms with Crippen molar-refractivity contribution in [2.45, 2.75) is 67.6 Å². The summed E-state index contributed by atoms with van der Waals surface area (Å²) in [5, 5.41) is 63.4. The second kappa shape index (κ2) is 12.0. The molecule has 41 heavy (non-hydrogen) atoms. The quantitative estimate of drug-likeness (QED) is 0.150. The zero-order valence-electron chi connectivity index (χ0n) is 22.5. The van der Waals surface area contributed by atoms with Gasteiger partial charge >= 0.3 is 11.9 Å². The van der Waals surface area contributed by atoms with Crippen molar-refractivity contribution in [2.24, 2.45) is 5.92 Å². The topological polar surface area (TPSA) is 211 Å². The van der Waals surface area contributed by atoms with E-state index in [4.69, 9.17) is 28.4 Å². The van der Waals surface area contributed by atoms with E-state index in [2.05, 4.69) is 0 Å². The molecule has 10 unspecified atom stereocenters. The molecular weight excluding hydrogens is 548 g/mol. The maximum atomic E-state index is 12.7. The summed E-state index contributed by atoms with van der Waals surface area (Å²) in [5.74, 6) is -2.74. The number of carbonyl (C=O) groups is 2. The second-order valence-corrected chi connectivity index (χ2v) is 10.2. The zero-order chi connectivity index (χ0) is 30.1. The number of benzene rings is 1. The number of hydrogen-bond donors (Lipinski definition) is 6. The molecule has 1 saturated heterocycles. The summed E-state index contributed by atoms with van der Waals surface area (Å²) >= 11 is 0. The molecule has 2 aliphatic heterocycles. The smallest absolute Gasteiger partial charge is 0.339 e. The maximum Gasteiger partial charge on any atom is 0.339 e. The molecule has 1 aromatic carbocycles. The first kappa shape index (κ1) is 30.9. The Morgan fingerprint density at radius 1 is 1.05 bits per heavy atom. The molecule has 0 spiro atoms. The van der Waals surface area contributed by atoms with Crippen LogP contribution in [0.15, 0.2) is 42.2 Å². The Bertz CT molecular complexity index is 1160. The predicted molar refractivity (Wildman–Crippen MR) is 135 cm³/mol. The van der Waals surface area contributed by atoms with Crippen molar-refractivity contribution in [3.8, 4) is 5.75 Å². The molecule has 3 aliphatic rings. The van der Waals surface area contributed by atoms with Crippen LogP contribution < -0.4 is 4.74 Å². The van der Waals surface area contributed by atoms with Crippen LogP contribution in [0, 0.1) is 5.92 Å². The van der Waals surface area contributed by atoms with E-state index in [1.807, 2.05) is 0 Å². The number of ether oxygens (including phenoxy) is 6. The highest BCUT2D eigenvalue weighted by molar-refractivity contribution is 5.91. The minimum absolute atomic E-state index is 0.383. The molecule has 226 valence electrons. The van der Waals surface area contributed by atoms with Crippen LogP contribution >= 0.6 is 0 Å². The van der Waals surface area contributed by atoms with Crippen molar-refractivity contribution in [1.82, 2.24) is 0 Å². The molecule has 0 aromatic heterocycles. The Labute approximate surface area is 234 Å². The van der Waals surface area contributed by atoms with Crippen LogP contribution in [0.25, 0.3) is 6.08 Å². The van der Waals surface area contributed by atoms with Crippen LogP contribution in [-0.4, -0.2) is 118 Å².